The van der Waals surface area contributed by atoms with Crippen molar-refractivity contribution in [2.24, 2.45) is 0 Å². The first-order valence-corrected chi connectivity index (χ1v) is 9.01. The summed E-state index contributed by atoms with van der Waals surface area (Å²) < 4.78 is 5.77. The maximum atomic E-state index is 12.1. The SMILES string of the molecule is CCc1ccccc1OCCN(C)C(=O)CSc1nnc(C)c(=O)[nH]1. The summed E-state index contributed by atoms with van der Waals surface area (Å²) in [6, 6.07) is 7.88. The second-order valence-electron chi connectivity index (χ2n) is 5.46. The van der Waals surface area contributed by atoms with Crippen molar-refractivity contribution in [3.8, 4) is 5.75 Å². The third-order valence-corrected chi connectivity index (χ3v) is 4.48. The number of nitrogens with zero attached hydrogens (tertiary/aromatic N) is 3. The second kappa shape index (κ2) is 9.22. The number of aromatic nitrogens is 3. The highest BCUT2D eigenvalue weighted by molar-refractivity contribution is 7.99. The van der Waals surface area contributed by atoms with Gasteiger partial charge in [0.05, 0.1) is 12.3 Å². The Balaban J connectivity index is 1.78. The highest BCUT2D eigenvalue weighted by Crippen LogP contribution is 2.18. The topological polar surface area (TPSA) is 88.2 Å². The standard InChI is InChI=1S/C17H22N4O3S/c1-4-13-7-5-6-8-14(13)24-10-9-21(3)15(22)11-25-17-18-16(23)12(2)19-20-17/h5-8H,4,9-11H2,1-3H3,(H,18,20,23). The molecule has 0 atom stereocenters. The summed E-state index contributed by atoms with van der Waals surface area (Å²) in [5, 5.41) is 7.93. The van der Waals surface area contributed by atoms with Gasteiger partial charge in [-0.3, -0.25) is 14.6 Å². The zero-order valence-corrected chi connectivity index (χ0v) is 15.4. The van der Waals surface area contributed by atoms with Crippen molar-refractivity contribution in [2.45, 2.75) is 25.4 Å². The number of likely N-dealkylation sites (N-methyl/N-ethyl adjacent to an activating group) is 1. The normalized spacial score (nSPS) is 10.5. The molecule has 1 amide bonds. The fourth-order valence-corrected chi connectivity index (χ4v) is 2.78. The molecule has 0 aliphatic heterocycles. The van der Waals surface area contributed by atoms with Crippen LogP contribution in [0.2, 0.25) is 0 Å². The highest BCUT2D eigenvalue weighted by atomic mass is 32.2. The van der Waals surface area contributed by atoms with E-state index in [1.54, 1.807) is 18.9 Å². The van der Waals surface area contributed by atoms with E-state index in [0.717, 1.165) is 29.5 Å². The van der Waals surface area contributed by atoms with Crippen molar-refractivity contribution in [2.75, 3.05) is 26.0 Å². The van der Waals surface area contributed by atoms with Crippen molar-refractivity contribution >= 4 is 17.7 Å². The number of ether oxygens (including phenoxy) is 1. The summed E-state index contributed by atoms with van der Waals surface area (Å²) in [6.07, 6.45) is 0.900. The van der Waals surface area contributed by atoms with E-state index in [1.807, 2.05) is 24.3 Å². The van der Waals surface area contributed by atoms with Crippen LogP contribution in [0.3, 0.4) is 0 Å². The Morgan fingerprint density at radius 1 is 1.32 bits per heavy atom. The van der Waals surface area contributed by atoms with Crippen LogP contribution in [0.25, 0.3) is 0 Å². The number of para-hydroxylation sites is 1. The van der Waals surface area contributed by atoms with Gasteiger partial charge in [-0.1, -0.05) is 36.9 Å². The van der Waals surface area contributed by atoms with Gasteiger partial charge in [-0.25, -0.2) is 0 Å². The summed E-state index contributed by atoms with van der Waals surface area (Å²) >= 11 is 1.15. The summed E-state index contributed by atoms with van der Waals surface area (Å²) in [7, 11) is 1.72. The van der Waals surface area contributed by atoms with Crippen LogP contribution in [0.1, 0.15) is 18.2 Å². The first-order chi connectivity index (χ1) is 12.0. The van der Waals surface area contributed by atoms with E-state index in [9.17, 15) is 9.59 Å². The van der Waals surface area contributed by atoms with Crippen LogP contribution in [0, 0.1) is 6.92 Å². The molecule has 0 aliphatic rings. The molecule has 0 spiro atoms. The maximum absolute atomic E-state index is 12.1. The van der Waals surface area contributed by atoms with Crippen LogP contribution in [-0.4, -0.2) is 51.9 Å². The summed E-state index contributed by atoms with van der Waals surface area (Å²) in [4.78, 5) is 27.8. The lowest BCUT2D eigenvalue weighted by Crippen LogP contribution is -2.32. The van der Waals surface area contributed by atoms with Gasteiger partial charge in [0.1, 0.15) is 18.1 Å². The van der Waals surface area contributed by atoms with Crippen molar-refractivity contribution in [3.05, 3.63) is 45.9 Å². The molecule has 1 heterocycles. The lowest BCUT2D eigenvalue weighted by molar-refractivity contribution is -0.127. The molecule has 25 heavy (non-hydrogen) atoms. The first-order valence-electron chi connectivity index (χ1n) is 8.02. The molecule has 0 fully saturated rings. The van der Waals surface area contributed by atoms with Gasteiger partial charge in [0, 0.05) is 7.05 Å². The van der Waals surface area contributed by atoms with Crippen LogP contribution in [-0.2, 0) is 11.2 Å². The van der Waals surface area contributed by atoms with E-state index in [0.29, 0.717) is 24.0 Å². The van der Waals surface area contributed by atoms with Crippen LogP contribution in [0.4, 0.5) is 0 Å². The smallest absolute Gasteiger partial charge is 0.273 e. The Kier molecular flexibility index (Phi) is 7.00. The first kappa shape index (κ1) is 19.0. The van der Waals surface area contributed by atoms with Crippen molar-refractivity contribution in [3.63, 3.8) is 0 Å². The molecule has 1 N–H and O–H groups in total. The van der Waals surface area contributed by atoms with Crippen molar-refractivity contribution in [1.82, 2.24) is 20.1 Å². The molecule has 0 aliphatic carbocycles. The number of nitrogens with one attached hydrogen (secondary N) is 1. The lowest BCUT2D eigenvalue weighted by atomic mass is 10.1. The number of carbonyl (C=O) groups excluding carboxylic acids is 1. The molecule has 0 radical (unpaired) electrons. The third-order valence-electron chi connectivity index (χ3n) is 3.64. The van der Waals surface area contributed by atoms with Gasteiger partial charge in [0.15, 0.2) is 5.16 Å². The number of carbonyl (C=O) groups is 1. The summed E-state index contributed by atoms with van der Waals surface area (Å²) in [5.74, 6) is 0.962. The molecule has 0 bridgehead atoms. The molecular formula is C17H22N4O3S. The predicted molar refractivity (Wildman–Crippen MR) is 97.1 cm³/mol. The molecule has 0 saturated carbocycles. The number of hydrogen-bond acceptors (Lipinski definition) is 6. The minimum absolute atomic E-state index is 0.0689. The number of hydrogen-bond donors (Lipinski definition) is 1. The molecule has 2 rings (SSSR count). The van der Waals surface area contributed by atoms with Crippen molar-refractivity contribution < 1.29 is 9.53 Å². The molecule has 2 aromatic rings. The second-order valence-corrected chi connectivity index (χ2v) is 6.42. The number of amides is 1. The molecular weight excluding hydrogens is 340 g/mol. The Morgan fingerprint density at radius 3 is 2.80 bits per heavy atom. The van der Waals surface area contributed by atoms with E-state index in [4.69, 9.17) is 4.74 Å². The van der Waals surface area contributed by atoms with Gasteiger partial charge in [-0.05, 0) is 25.0 Å². The van der Waals surface area contributed by atoms with Gasteiger partial charge in [-0.2, -0.15) is 0 Å². The van der Waals surface area contributed by atoms with Crippen LogP contribution in [0.15, 0.2) is 34.2 Å². The number of rotatable bonds is 8. The number of thioether (sulfide) groups is 1. The van der Waals surface area contributed by atoms with Gasteiger partial charge in [-0.15, -0.1) is 10.2 Å². The monoisotopic (exact) mass is 362 g/mol. The predicted octanol–water partition coefficient (Wildman–Crippen LogP) is 1.67. The Morgan fingerprint density at radius 2 is 2.08 bits per heavy atom. The van der Waals surface area contributed by atoms with Gasteiger partial charge < -0.3 is 9.64 Å². The Hall–Kier alpha value is -2.35. The highest BCUT2D eigenvalue weighted by Gasteiger charge is 2.11. The zero-order chi connectivity index (χ0) is 18.2. The number of aromatic amines is 1. The Labute approximate surface area is 150 Å². The quantitative estimate of drug-likeness (QED) is 0.719. The molecule has 7 nitrogen and oxygen atoms in total. The minimum atomic E-state index is -0.290. The Bertz CT molecular complexity index is 778. The molecule has 134 valence electrons. The van der Waals surface area contributed by atoms with Crippen molar-refractivity contribution in [1.29, 1.82) is 0 Å². The fraction of sp³-hybridized carbons (Fsp3) is 0.412. The zero-order valence-electron chi connectivity index (χ0n) is 14.6. The maximum Gasteiger partial charge on any atom is 0.273 e. The van der Waals surface area contributed by atoms with Crippen LogP contribution < -0.4 is 10.3 Å². The van der Waals surface area contributed by atoms with Gasteiger partial charge >= 0.3 is 0 Å². The lowest BCUT2D eigenvalue weighted by Gasteiger charge is -2.18. The largest absolute Gasteiger partial charge is 0.491 e. The fourth-order valence-electron chi connectivity index (χ4n) is 2.04. The van der Waals surface area contributed by atoms with E-state index in [-0.39, 0.29) is 17.2 Å². The van der Waals surface area contributed by atoms with E-state index >= 15 is 0 Å². The van der Waals surface area contributed by atoms with Gasteiger partial charge in [0.25, 0.3) is 5.56 Å². The number of H-pyrrole nitrogens is 1. The van der Waals surface area contributed by atoms with E-state index in [2.05, 4.69) is 22.1 Å². The molecule has 1 aromatic heterocycles. The van der Waals surface area contributed by atoms with Crippen LogP contribution in [0.5, 0.6) is 5.75 Å². The van der Waals surface area contributed by atoms with E-state index < -0.39 is 0 Å². The average molecular weight is 362 g/mol. The summed E-state index contributed by atoms with van der Waals surface area (Å²) in [5.41, 5.74) is 1.16. The molecule has 0 unspecified atom stereocenters. The minimum Gasteiger partial charge on any atom is -0.491 e. The molecule has 8 heteroatoms. The van der Waals surface area contributed by atoms with E-state index in [1.165, 1.54) is 0 Å². The summed E-state index contributed by atoms with van der Waals surface area (Å²) in [6.45, 7) is 4.56. The number of benzene rings is 1. The molecule has 0 saturated heterocycles. The molecule has 1 aromatic carbocycles. The average Bonchev–Trinajstić information content (AvgIpc) is 2.62. The third kappa shape index (κ3) is 5.60. The van der Waals surface area contributed by atoms with Gasteiger partial charge in [0.2, 0.25) is 5.91 Å². The van der Waals surface area contributed by atoms with Crippen LogP contribution >= 0.6 is 11.8 Å². The number of aryl methyl sites for hydroxylation is 2.